The molecular weight excluding hydrogens is 317 g/mol. The van der Waals surface area contributed by atoms with Gasteiger partial charge in [0.15, 0.2) is 0 Å². The molecule has 0 aliphatic carbocycles. The number of amides is 1. The van der Waals surface area contributed by atoms with Crippen molar-refractivity contribution in [2.45, 2.75) is 6.18 Å². The number of nitrogens with zero attached hydrogens (tertiary/aromatic N) is 2. The van der Waals surface area contributed by atoms with Gasteiger partial charge in [-0.1, -0.05) is 22.9 Å². The molecule has 106 valence electrons. The number of aromatic nitrogens is 2. The van der Waals surface area contributed by atoms with Crippen LogP contribution in [0, 0.1) is 0 Å². The SMILES string of the molecule is Nc1nnc(C(=O)Nc2ccc(C(F)(F)F)cc2Cl)s1. The van der Waals surface area contributed by atoms with Gasteiger partial charge in [0.2, 0.25) is 10.1 Å². The summed E-state index contributed by atoms with van der Waals surface area (Å²) in [5.41, 5.74) is 4.46. The average Bonchev–Trinajstić information content (AvgIpc) is 2.77. The number of halogens is 4. The Morgan fingerprint density at radius 3 is 2.55 bits per heavy atom. The lowest BCUT2D eigenvalue weighted by atomic mass is 10.2. The maximum Gasteiger partial charge on any atom is 0.416 e. The monoisotopic (exact) mass is 322 g/mol. The first-order chi connectivity index (χ1) is 9.27. The fourth-order valence-electron chi connectivity index (χ4n) is 1.29. The average molecular weight is 323 g/mol. The van der Waals surface area contributed by atoms with Gasteiger partial charge in [-0.2, -0.15) is 13.2 Å². The predicted molar refractivity (Wildman–Crippen MR) is 68.7 cm³/mol. The molecule has 3 N–H and O–H groups in total. The van der Waals surface area contributed by atoms with E-state index in [1.807, 2.05) is 0 Å². The number of rotatable bonds is 2. The second kappa shape index (κ2) is 5.25. The van der Waals surface area contributed by atoms with Gasteiger partial charge in [-0.15, -0.1) is 10.2 Å². The summed E-state index contributed by atoms with van der Waals surface area (Å²) >= 11 is 6.55. The van der Waals surface area contributed by atoms with Crippen molar-refractivity contribution in [1.29, 1.82) is 0 Å². The molecular formula is C10H6ClF3N4OS. The van der Waals surface area contributed by atoms with E-state index in [1.165, 1.54) is 0 Å². The Labute approximate surface area is 119 Å². The number of alkyl halides is 3. The predicted octanol–water partition coefficient (Wildman–Crippen LogP) is 3.04. The highest BCUT2D eigenvalue weighted by Crippen LogP contribution is 2.33. The van der Waals surface area contributed by atoms with Crippen LogP contribution in [-0.4, -0.2) is 16.1 Å². The molecule has 0 atom stereocenters. The Morgan fingerprint density at radius 2 is 2.05 bits per heavy atom. The molecule has 1 heterocycles. The van der Waals surface area contributed by atoms with Gasteiger partial charge >= 0.3 is 6.18 Å². The molecule has 0 spiro atoms. The Bertz CT molecular complexity index is 658. The standard InChI is InChI=1S/C10H6ClF3N4OS/c11-5-3-4(10(12,13)14)1-2-6(5)16-7(19)8-17-18-9(15)20-8/h1-3H,(H2,15,18)(H,16,19). The number of nitrogens with two attached hydrogens (primary N) is 1. The summed E-state index contributed by atoms with van der Waals surface area (Å²) in [5.74, 6) is -0.652. The van der Waals surface area contributed by atoms with Crippen LogP contribution in [0.15, 0.2) is 18.2 Å². The molecule has 0 aliphatic rings. The summed E-state index contributed by atoms with van der Waals surface area (Å²) in [7, 11) is 0. The van der Waals surface area contributed by atoms with Crippen LogP contribution in [-0.2, 0) is 6.18 Å². The van der Waals surface area contributed by atoms with Gasteiger partial charge in [-0.25, -0.2) is 0 Å². The zero-order valence-corrected chi connectivity index (χ0v) is 11.1. The van der Waals surface area contributed by atoms with Gasteiger partial charge in [-0.3, -0.25) is 4.79 Å². The highest BCUT2D eigenvalue weighted by molar-refractivity contribution is 7.17. The Kier molecular flexibility index (Phi) is 3.82. The largest absolute Gasteiger partial charge is 0.416 e. The lowest BCUT2D eigenvalue weighted by molar-refractivity contribution is -0.137. The van der Waals surface area contributed by atoms with Crippen molar-refractivity contribution in [3.05, 3.63) is 33.8 Å². The smallest absolute Gasteiger partial charge is 0.374 e. The molecule has 0 fully saturated rings. The molecule has 2 rings (SSSR count). The summed E-state index contributed by atoms with van der Waals surface area (Å²) in [6.07, 6.45) is -4.50. The number of nitrogen functional groups attached to an aromatic ring is 1. The summed E-state index contributed by atoms with van der Waals surface area (Å²) < 4.78 is 37.4. The molecule has 1 amide bonds. The molecule has 0 aliphatic heterocycles. The number of hydrogen-bond acceptors (Lipinski definition) is 5. The molecule has 0 unspecified atom stereocenters. The van der Waals surface area contributed by atoms with E-state index in [-0.39, 0.29) is 20.8 Å². The zero-order chi connectivity index (χ0) is 14.9. The van der Waals surface area contributed by atoms with E-state index in [0.29, 0.717) is 0 Å². The minimum atomic E-state index is -4.50. The molecule has 10 heteroatoms. The number of nitrogens with one attached hydrogen (secondary N) is 1. The molecule has 1 aromatic heterocycles. The molecule has 0 saturated heterocycles. The van der Waals surface area contributed by atoms with Gasteiger partial charge in [0, 0.05) is 0 Å². The van der Waals surface area contributed by atoms with E-state index in [4.69, 9.17) is 17.3 Å². The van der Waals surface area contributed by atoms with E-state index < -0.39 is 17.6 Å². The van der Waals surface area contributed by atoms with Gasteiger partial charge in [-0.05, 0) is 18.2 Å². The Hall–Kier alpha value is -1.87. The first-order valence-electron chi connectivity index (χ1n) is 5.04. The molecule has 0 saturated carbocycles. The van der Waals surface area contributed by atoms with Gasteiger partial charge < -0.3 is 11.1 Å². The number of benzene rings is 1. The van der Waals surface area contributed by atoms with Crippen LogP contribution in [0.3, 0.4) is 0 Å². The normalized spacial score (nSPS) is 11.4. The molecule has 1 aromatic carbocycles. The lowest BCUT2D eigenvalue weighted by Gasteiger charge is -2.10. The quantitative estimate of drug-likeness (QED) is 0.890. The van der Waals surface area contributed by atoms with Crippen LogP contribution in [0.25, 0.3) is 0 Å². The molecule has 2 aromatic rings. The van der Waals surface area contributed by atoms with Crippen LogP contribution in [0.1, 0.15) is 15.4 Å². The summed E-state index contributed by atoms with van der Waals surface area (Å²) in [4.78, 5) is 11.7. The van der Waals surface area contributed by atoms with Crippen LogP contribution in [0.4, 0.5) is 24.0 Å². The molecule has 0 bridgehead atoms. The van der Waals surface area contributed by atoms with Crippen molar-refractivity contribution in [1.82, 2.24) is 10.2 Å². The number of carbonyl (C=O) groups excluding carboxylic acids is 1. The molecule has 0 radical (unpaired) electrons. The summed E-state index contributed by atoms with van der Waals surface area (Å²) in [6.45, 7) is 0. The van der Waals surface area contributed by atoms with Crippen molar-refractivity contribution < 1.29 is 18.0 Å². The van der Waals surface area contributed by atoms with Gasteiger partial charge in [0.1, 0.15) is 0 Å². The highest BCUT2D eigenvalue weighted by atomic mass is 35.5. The van der Waals surface area contributed by atoms with Crippen molar-refractivity contribution in [3.8, 4) is 0 Å². The fraction of sp³-hybridized carbons (Fsp3) is 0.100. The van der Waals surface area contributed by atoms with Crippen molar-refractivity contribution in [2.75, 3.05) is 11.1 Å². The fourth-order valence-corrected chi connectivity index (χ4v) is 2.03. The van der Waals surface area contributed by atoms with E-state index in [9.17, 15) is 18.0 Å². The van der Waals surface area contributed by atoms with Crippen LogP contribution in [0.2, 0.25) is 5.02 Å². The van der Waals surface area contributed by atoms with E-state index in [1.54, 1.807) is 0 Å². The third kappa shape index (κ3) is 3.17. The van der Waals surface area contributed by atoms with Gasteiger partial charge in [0.25, 0.3) is 5.91 Å². The maximum atomic E-state index is 12.5. The third-order valence-corrected chi connectivity index (χ3v) is 3.24. The Balaban J connectivity index is 2.20. The number of carbonyl (C=O) groups is 1. The van der Waals surface area contributed by atoms with Crippen LogP contribution in [0.5, 0.6) is 0 Å². The number of anilines is 2. The molecule has 20 heavy (non-hydrogen) atoms. The minimum Gasteiger partial charge on any atom is -0.374 e. The third-order valence-electron chi connectivity index (χ3n) is 2.18. The van der Waals surface area contributed by atoms with Crippen LogP contribution < -0.4 is 11.1 Å². The maximum absolute atomic E-state index is 12.5. The summed E-state index contributed by atoms with van der Waals surface area (Å²) in [5, 5.41) is 9.15. The van der Waals surface area contributed by atoms with Crippen molar-refractivity contribution in [3.63, 3.8) is 0 Å². The van der Waals surface area contributed by atoms with Crippen molar-refractivity contribution in [2.24, 2.45) is 0 Å². The van der Waals surface area contributed by atoms with E-state index in [2.05, 4.69) is 15.5 Å². The first-order valence-corrected chi connectivity index (χ1v) is 6.24. The molecule has 5 nitrogen and oxygen atoms in total. The second-order valence-electron chi connectivity index (χ2n) is 3.59. The lowest BCUT2D eigenvalue weighted by Crippen LogP contribution is -2.12. The zero-order valence-electron chi connectivity index (χ0n) is 9.53. The summed E-state index contributed by atoms with van der Waals surface area (Å²) in [6, 6.07) is 2.61. The topological polar surface area (TPSA) is 80.9 Å². The van der Waals surface area contributed by atoms with Crippen LogP contribution >= 0.6 is 22.9 Å². The number of hydrogen-bond donors (Lipinski definition) is 2. The Morgan fingerprint density at radius 1 is 1.35 bits per heavy atom. The van der Waals surface area contributed by atoms with Crippen molar-refractivity contribution >= 4 is 39.7 Å². The van der Waals surface area contributed by atoms with E-state index >= 15 is 0 Å². The minimum absolute atomic E-state index is 0.0153. The van der Waals surface area contributed by atoms with Gasteiger partial charge in [0.05, 0.1) is 16.3 Å². The van der Waals surface area contributed by atoms with E-state index in [0.717, 1.165) is 29.5 Å². The second-order valence-corrected chi connectivity index (χ2v) is 5.01. The first kappa shape index (κ1) is 14.5. The highest BCUT2D eigenvalue weighted by Gasteiger charge is 2.31.